The summed E-state index contributed by atoms with van der Waals surface area (Å²) in [5.74, 6) is 0.873. The second kappa shape index (κ2) is 6.74. The second-order valence-corrected chi connectivity index (χ2v) is 7.96. The Hall–Kier alpha value is -2.66. The van der Waals surface area contributed by atoms with E-state index < -0.39 is 5.60 Å². The van der Waals surface area contributed by atoms with Gasteiger partial charge in [0, 0.05) is 25.1 Å². The van der Waals surface area contributed by atoms with Crippen molar-refractivity contribution in [1.29, 1.82) is 0 Å². The van der Waals surface area contributed by atoms with Gasteiger partial charge in [0.2, 0.25) is 0 Å². The van der Waals surface area contributed by atoms with Crippen molar-refractivity contribution in [3.63, 3.8) is 0 Å². The molecule has 5 rings (SSSR count). The van der Waals surface area contributed by atoms with Crippen molar-refractivity contribution in [3.8, 4) is 5.75 Å². The highest BCUT2D eigenvalue weighted by Crippen LogP contribution is 2.39. The van der Waals surface area contributed by atoms with Gasteiger partial charge in [-0.15, -0.1) is 0 Å². The third-order valence-corrected chi connectivity index (χ3v) is 6.19. The smallest absolute Gasteiger partial charge is 0.254 e. The molecule has 3 heterocycles. The lowest BCUT2D eigenvalue weighted by molar-refractivity contribution is 0.0300. The zero-order valence-electron chi connectivity index (χ0n) is 15.8. The quantitative estimate of drug-likeness (QED) is 0.760. The molecule has 1 fully saturated rings. The third kappa shape index (κ3) is 2.90. The summed E-state index contributed by atoms with van der Waals surface area (Å²) in [6, 6.07) is 13.3. The minimum absolute atomic E-state index is 0.0573. The van der Waals surface area contributed by atoms with Crippen molar-refractivity contribution < 1.29 is 19.1 Å². The molecule has 0 aromatic heterocycles. The average Bonchev–Trinajstić information content (AvgIpc) is 3.10. The first-order valence-electron chi connectivity index (χ1n) is 9.94. The molecule has 5 heteroatoms. The number of rotatable bonds is 1. The molecular formula is C23H23NO4. The maximum atomic E-state index is 13.2. The molecule has 144 valence electrons. The molecule has 0 saturated carbocycles. The van der Waals surface area contributed by atoms with Crippen LogP contribution in [0.3, 0.4) is 0 Å². The molecule has 2 aromatic rings. The van der Waals surface area contributed by atoms with Crippen LogP contribution in [-0.4, -0.2) is 35.3 Å². The molecule has 1 atom stereocenters. The van der Waals surface area contributed by atoms with E-state index in [2.05, 4.69) is 0 Å². The van der Waals surface area contributed by atoms with Gasteiger partial charge in [0.25, 0.3) is 5.91 Å². The van der Waals surface area contributed by atoms with Gasteiger partial charge < -0.3 is 14.4 Å². The van der Waals surface area contributed by atoms with Gasteiger partial charge in [-0.05, 0) is 42.2 Å². The minimum Gasteiger partial charge on any atom is -0.486 e. The normalized spacial score (nSPS) is 23.7. The van der Waals surface area contributed by atoms with E-state index in [0.717, 1.165) is 29.5 Å². The molecule has 0 aliphatic carbocycles. The standard InChI is InChI=1S/C23H23NO4/c25-20-13-23(28-21-8-2-1-6-18(20)21)9-4-11-24(12-10-23)22(26)17-7-3-5-16-14-27-15-19(16)17/h1-3,5-8H,4,9-15H2. The first kappa shape index (κ1) is 17.4. The van der Waals surface area contributed by atoms with Gasteiger partial charge in [0.1, 0.15) is 11.4 Å². The largest absolute Gasteiger partial charge is 0.486 e. The fourth-order valence-electron chi connectivity index (χ4n) is 4.67. The van der Waals surface area contributed by atoms with Crippen LogP contribution in [0.1, 0.15) is 57.5 Å². The van der Waals surface area contributed by atoms with Gasteiger partial charge in [0.15, 0.2) is 5.78 Å². The van der Waals surface area contributed by atoms with Gasteiger partial charge in [-0.2, -0.15) is 0 Å². The van der Waals surface area contributed by atoms with Crippen LogP contribution in [0.4, 0.5) is 0 Å². The fraction of sp³-hybridized carbons (Fsp3) is 0.391. The maximum absolute atomic E-state index is 13.2. The Bertz CT molecular complexity index is 953. The number of hydrogen-bond donors (Lipinski definition) is 0. The maximum Gasteiger partial charge on any atom is 0.254 e. The Morgan fingerprint density at radius 2 is 1.89 bits per heavy atom. The highest BCUT2D eigenvalue weighted by atomic mass is 16.5. The predicted octanol–water partition coefficient (Wildman–Crippen LogP) is 3.75. The summed E-state index contributed by atoms with van der Waals surface area (Å²) in [4.78, 5) is 27.8. The van der Waals surface area contributed by atoms with Crippen LogP contribution in [0.5, 0.6) is 5.75 Å². The van der Waals surface area contributed by atoms with E-state index in [1.807, 2.05) is 47.4 Å². The number of carbonyl (C=O) groups is 2. The lowest BCUT2D eigenvalue weighted by atomic mass is 9.84. The molecule has 0 bridgehead atoms. The number of amides is 1. The van der Waals surface area contributed by atoms with Gasteiger partial charge in [0.05, 0.1) is 25.2 Å². The number of ether oxygens (including phenoxy) is 2. The van der Waals surface area contributed by atoms with Crippen LogP contribution in [0.15, 0.2) is 42.5 Å². The second-order valence-electron chi connectivity index (χ2n) is 7.96. The number of para-hydroxylation sites is 1. The van der Waals surface area contributed by atoms with E-state index in [1.165, 1.54) is 0 Å². The van der Waals surface area contributed by atoms with Crippen LogP contribution in [0, 0.1) is 0 Å². The molecule has 1 spiro atoms. The number of hydrogen-bond acceptors (Lipinski definition) is 4. The van der Waals surface area contributed by atoms with Crippen LogP contribution in [0.25, 0.3) is 0 Å². The van der Waals surface area contributed by atoms with Gasteiger partial charge >= 0.3 is 0 Å². The SMILES string of the molecule is O=C1CC2(CCCN(C(=O)c3cccc4c3COC4)CC2)Oc2ccccc21. The molecule has 0 N–H and O–H groups in total. The molecular weight excluding hydrogens is 354 g/mol. The van der Waals surface area contributed by atoms with Crippen LogP contribution in [0.2, 0.25) is 0 Å². The van der Waals surface area contributed by atoms with Crippen molar-refractivity contribution in [2.45, 2.75) is 44.5 Å². The Morgan fingerprint density at radius 3 is 2.82 bits per heavy atom. The van der Waals surface area contributed by atoms with Crippen molar-refractivity contribution >= 4 is 11.7 Å². The lowest BCUT2D eigenvalue weighted by Gasteiger charge is -2.37. The Balaban J connectivity index is 1.36. The number of ketones is 1. The highest BCUT2D eigenvalue weighted by Gasteiger charge is 2.42. The van der Waals surface area contributed by atoms with Gasteiger partial charge in [-0.1, -0.05) is 24.3 Å². The summed E-state index contributed by atoms with van der Waals surface area (Å²) in [5, 5.41) is 0. The highest BCUT2D eigenvalue weighted by molar-refractivity contribution is 6.00. The van der Waals surface area contributed by atoms with E-state index in [4.69, 9.17) is 9.47 Å². The first-order valence-corrected chi connectivity index (χ1v) is 9.94. The van der Waals surface area contributed by atoms with E-state index in [9.17, 15) is 9.59 Å². The molecule has 3 aliphatic rings. The van der Waals surface area contributed by atoms with E-state index >= 15 is 0 Å². The molecule has 1 unspecified atom stereocenters. The molecule has 1 amide bonds. The molecule has 0 radical (unpaired) electrons. The monoisotopic (exact) mass is 377 g/mol. The number of likely N-dealkylation sites (tertiary alicyclic amines) is 1. The number of carbonyl (C=O) groups excluding carboxylic acids is 2. The molecule has 5 nitrogen and oxygen atoms in total. The van der Waals surface area contributed by atoms with E-state index in [0.29, 0.717) is 50.5 Å². The van der Waals surface area contributed by atoms with Crippen molar-refractivity contribution in [2.24, 2.45) is 0 Å². The zero-order valence-corrected chi connectivity index (χ0v) is 15.8. The number of nitrogens with zero attached hydrogens (tertiary/aromatic N) is 1. The summed E-state index contributed by atoms with van der Waals surface area (Å²) in [5.41, 5.74) is 3.05. The summed E-state index contributed by atoms with van der Waals surface area (Å²) >= 11 is 0. The van der Waals surface area contributed by atoms with Crippen molar-refractivity contribution in [1.82, 2.24) is 4.90 Å². The van der Waals surface area contributed by atoms with E-state index in [1.54, 1.807) is 0 Å². The Labute approximate surface area is 164 Å². The number of fused-ring (bicyclic) bond motifs is 2. The molecule has 1 saturated heterocycles. The molecule has 2 aromatic carbocycles. The van der Waals surface area contributed by atoms with E-state index in [-0.39, 0.29) is 11.7 Å². The summed E-state index contributed by atoms with van der Waals surface area (Å²) in [6.45, 7) is 2.36. The fourth-order valence-corrected chi connectivity index (χ4v) is 4.67. The third-order valence-electron chi connectivity index (χ3n) is 6.19. The van der Waals surface area contributed by atoms with Gasteiger partial charge in [-0.3, -0.25) is 9.59 Å². The van der Waals surface area contributed by atoms with Crippen LogP contribution in [-0.2, 0) is 18.0 Å². The summed E-state index contributed by atoms with van der Waals surface area (Å²) in [7, 11) is 0. The first-order chi connectivity index (χ1) is 13.7. The predicted molar refractivity (Wildman–Crippen MR) is 103 cm³/mol. The topological polar surface area (TPSA) is 55.8 Å². The minimum atomic E-state index is -0.498. The van der Waals surface area contributed by atoms with Gasteiger partial charge in [-0.25, -0.2) is 0 Å². The van der Waals surface area contributed by atoms with Crippen LogP contribution >= 0.6 is 0 Å². The van der Waals surface area contributed by atoms with Crippen LogP contribution < -0.4 is 4.74 Å². The average molecular weight is 377 g/mol. The molecule has 3 aliphatic heterocycles. The summed E-state index contributed by atoms with van der Waals surface area (Å²) < 4.78 is 11.9. The summed E-state index contributed by atoms with van der Waals surface area (Å²) in [6.07, 6.45) is 2.67. The number of benzene rings is 2. The Morgan fingerprint density at radius 1 is 1.00 bits per heavy atom. The zero-order chi connectivity index (χ0) is 19.1. The number of Topliss-reactive ketones (excluding diaryl/α,β-unsaturated/α-hetero) is 1. The lowest BCUT2D eigenvalue weighted by Crippen LogP contribution is -2.43. The molecule has 28 heavy (non-hydrogen) atoms. The van der Waals surface area contributed by atoms with Crippen molar-refractivity contribution in [3.05, 3.63) is 64.7 Å². The van der Waals surface area contributed by atoms with Crippen molar-refractivity contribution in [2.75, 3.05) is 13.1 Å². The Kier molecular flexibility index (Phi) is 4.20.